The minimum Gasteiger partial charge on any atom is -0.478 e. The van der Waals surface area contributed by atoms with E-state index in [-0.39, 0.29) is 15.6 Å². The molecule has 0 saturated carbocycles. The number of aryl methyl sites for hydroxylation is 1. The molecule has 0 aliphatic carbocycles. The number of nitrogens with one attached hydrogen (secondary N) is 1. The van der Waals surface area contributed by atoms with Gasteiger partial charge < -0.3 is 15.3 Å². The molecule has 1 aromatic rings. The highest BCUT2D eigenvalue weighted by Crippen LogP contribution is 2.39. The number of benzene rings is 1. The Labute approximate surface area is 159 Å². The smallest absolute Gasteiger partial charge is 0.329 e. The van der Waals surface area contributed by atoms with Crippen molar-refractivity contribution in [3.8, 4) is 0 Å². The van der Waals surface area contributed by atoms with E-state index in [0.29, 0.717) is 41.8 Å². The van der Waals surface area contributed by atoms with Crippen LogP contribution in [0.2, 0.25) is 5.02 Å². The van der Waals surface area contributed by atoms with Crippen molar-refractivity contribution in [3.05, 3.63) is 33.7 Å². The number of carboxylic acid groups (broad SMARTS) is 1. The number of hydrogen-bond acceptors (Lipinski definition) is 7. The lowest BCUT2D eigenvalue weighted by Gasteiger charge is -2.28. The lowest BCUT2D eigenvalue weighted by atomic mass is 10.2. The maximum absolute atomic E-state index is 12.7. The molecule has 8 nitrogen and oxygen atoms in total. The number of halogens is 1. The first-order valence-corrected chi connectivity index (χ1v) is 10.3. The number of fused-ring (bicyclic) bond motifs is 1. The fourth-order valence-corrected chi connectivity index (χ4v) is 5.17. The fourth-order valence-electron chi connectivity index (χ4n) is 2.41. The number of carbonyl (C=O) groups is 1. The second kappa shape index (κ2) is 7.57. The van der Waals surface area contributed by atoms with E-state index < -0.39 is 16.0 Å². The summed E-state index contributed by atoms with van der Waals surface area (Å²) in [6.07, 6.45) is 0.926. The summed E-state index contributed by atoms with van der Waals surface area (Å²) in [6.45, 7) is 3.68. The van der Waals surface area contributed by atoms with Gasteiger partial charge in [0, 0.05) is 29.1 Å². The number of carboxylic acids is 1. The number of hydrazine groups is 1. The molecule has 140 valence electrons. The van der Waals surface area contributed by atoms with Gasteiger partial charge in [-0.15, -0.1) is 4.40 Å². The van der Waals surface area contributed by atoms with E-state index in [1.165, 1.54) is 12.1 Å². The van der Waals surface area contributed by atoms with E-state index in [1.807, 2.05) is 0 Å². The summed E-state index contributed by atoms with van der Waals surface area (Å²) in [5.41, 5.74) is 3.51. The van der Waals surface area contributed by atoms with Gasteiger partial charge in [0.2, 0.25) is 0 Å². The van der Waals surface area contributed by atoms with Crippen molar-refractivity contribution >= 4 is 45.2 Å². The van der Waals surface area contributed by atoms with Crippen molar-refractivity contribution in [2.75, 3.05) is 26.3 Å². The standard InChI is InChI=1S/C15H16ClN3O5S2/c1-9-6-13-11(7-10(9)16)25-12(8-14(20)21)15(18-26(13,22)23)17-19-2-4-24-5-3-19/h6-8H,2-5H2,1H3,(H,17,18)(H,20,21)/b12-8-. The summed E-state index contributed by atoms with van der Waals surface area (Å²) >= 11 is 7.11. The van der Waals surface area contributed by atoms with Crippen molar-refractivity contribution < 1.29 is 23.1 Å². The largest absolute Gasteiger partial charge is 0.478 e. The summed E-state index contributed by atoms with van der Waals surface area (Å²) in [5, 5.41) is 11.3. The summed E-state index contributed by atoms with van der Waals surface area (Å²) in [6, 6.07) is 2.96. The normalized spacial score (nSPS) is 21.6. The van der Waals surface area contributed by atoms with Crippen molar-refractivity contribution in [3.63, 3.8) is 0 Å². The van der Waals surface area contributed by atoms with Gasteiger partial charge in [0.25, 0.3) is 10.0 Å². The van der Waals surface area contributed by atoms with Crippen LogP contribution in [0.1, 0.15) is 5.56 Å². The summed E-state index contributed by atoms with van der Waals surface area (Å²) < 4.78 is 34.6. The van der Waals surface area contributed by atoms with E-state index in [2.05, 4.69) is 9.82 Å². The first kappa shape index (κ1) is 19.2. The number of morpholine rings is 1. The van der Waals surface area contributed by atoms with E-state index >= 15 is 0 Å². The third-order valence-electron chi connectivity index (χ3n) is 3.70. The number of aliphatic carboxylic acids is 1. The van der Waals surface area contributed by atoms with Crippen LogP contribution in [-0.4, -0.2) is 56.6 Å². The molecule has 0 aromatic heterocycles. The number of amidine groups is 1. The van der Waals surface area contributed by atoms with Crippen LogP contribution in [0.25, 0.3) is 0 Å². The molecule has 0 spiro atoms. The monoisotopic (exact) mass is 417 g/mol. The van der Waals surface area contributed by atoms with E-state index in [4.69, 9.17) is 16.3 Å². The maximum Gasteiger partial charge on any atom is 0.329 e. The average molecular weight is 418 g/mol. The molecular weight excluding hydrogens is 402 g/mol. The lowest BCUT2D eigenvalue weighted by molar-refractivity contribution is -0.131. The van der Waals surface area contributed by atoms with E-state index in [1.54, 1.807) is 11.9 Å². The molecular formula is C15H16ClN3O5S2. The average Bonchev–Trinajstić information content (AvgIpc) is 2.65. The highest BCUT2D eigenvalue weighted by Gasteiger charge is 2.29. The van der Waals surface area contributed by atoms with Crippen LogP contribution < -0.4 is 5.43 Å². The molecule has 2 heterocycles. The minimum absolute atomic E-state index is 0.000494. The molecule has 0 radical (unpaired) electrons. The summed E-state index contributed by atoms with van der Waals surface area (Å²) in [5.74, 6) is -1.24. The fraction of sp³-hybridized carbons (Fsp3) is 0.333. The molecule has 3 rings (SSSR count). The Balaban J connectivity index is 2.08. The Kier molecular flexibility index (Phi) is 5.58. The zero-order chi connectivity index (χ0) is 18.9. The van der Waals surface area contributed by atoms with E-state index in [9.17, 15) is 18.3 Å². The molecule has 0 unspecified atom stereocenters. The second-order valence-corrected chi connectivity index (χ2v) is 8.69. The maximum atomic E-state index is 12.7. The second-order valence-electron chi connectivity index (χ2n) is 5.62. The van der Waals surface area contributed by atoms with Crippen LogP contribution >= 0.6 is 23.4 Å². The minimum atomic E-state index is -4.03. The van der Waals surface area contributed by atoms with Crippen LogP contribution in [0.15, 0.2) is 37.3 Å². The molecule has 0 amide bonds. The Hall–Kier alpha value is -1.59. The molecule has 2 N–H and O–H groups in total. The van der Waals surface area contributed by atoms with Gasteiger partial charge in [-0.2, -0.15) is 8.42 Å². The Bertz CT molecular complexity index is 908. The lowest BCUT2D eigenvalue weighted by Crippen LogP contribution is -2.48. The van der Waals surface area contributed by atoms with Gasteiger partial charge in [-0.3, -0.25) is 0 Å². The van der Waals surface area contributed by atoms with Gasteiger partial charge in [0.05, 0.1) is 18.1 Å². The van der Waals surface area contributed by atoms with Gasteiger partial charge >= 0.3 is 5.97 Å². The molecule has 1 aromatic carbocycles. The van der Waals surface area contributed by atoms with Crippen LogP contribution in [0.5, 0.6) is 0 Å². The van der Waals surface area contributed by atoms with Crippen molar-refractivity contribution in [2.24, 2.45) is 4.40 Å². The highest BCUT2D eigenvalue weighted by molar-refractivity contribution is 8.05. The number of sulfonamides is 1. The van der Waals surface area contributed by atoms with Crippen LogP contribution in [0, 0.1) is 6.92 Å². The number of thioether (sulfide) groups is 1. The third kappa shape index (κ3) is 4.21. The van der Waals surface area contributed by atoms with Crippen LogP contribution in [-0.2, 0) is 19.6 Å². The van der Waals surface area contributed by atoms with E-state index in [0.717, 1.165) is 17.8 Å². The quantitative estimate of drug-likeness (QED) is 0.699. The number of ether oxygens (including phenoxy) is 1. The predicted molar refractivity (Wildman–Crippen MR) is 97.9 cm³/mol. The van der Waals surface area contributed by atoms with Crippen LogP contribution in [0.3, 0.4) is 0 Å². The molecule has 0 atom stereocenters. The topological polar surface area (TPSA) is 108 Å². The molecule has 26 heavy (non-hydrogen) atoms. The van der Waals surface area contributed by atoms with Gasteiger partial charge in [0.1, 0.15) is 4.90 Å². The predicted octanol–water partition coefficient (Wildman–Crippen LogP) is 1.65. The first-order valence-electron chi connectivity index (χ1n) is 7.63. The third-order valence-corrected chi connectivity index (χ3v) is 6.64. The molecule has 2 aliphatic heterocycles. The van der Waals surface area contributed by atoms with Gasteiger partial charge in [-0.1, -0.05) is 23.4 Å². The van der Waals surface area contributed by atoms with Crippen LogP contribution in [0.4, 0.5) is 0 Å². The zero-order valence-corrected chi connectivity index (χ0v) is 16.1. The Morgan fingerprint density at radius 2 is 2.12 bits per heavy atom. The van der Waals surface area contributed by atoms with Gasteiger partial charge in [0.15, 0.2) is 5.84 Å². The van der Waals surface area contributed by atoms with Gasteiger partial charge in [-0.25, -0.2) is 9.80 Å². The number of nitrogens with zero attached hydrogens (tertiary/aromatic N) is 2. The van der Waals surface area contributed by atoms with Gasteiger partial charge in [-0.05, 0) is 24.6 Å². The molecule has 1 saturated heterocycles. The molecule has 0 bridgehead atoms. The number of rotatable bonds is 2. The first-order chi connectivity index (χ1) is 12.3. The highest BCUT2D eigenvalue weighted by atomic mass is 35.5. The van der Waals surface area contributed by atoms with Crippen molar-refractivity contribution in [2.45, 2.75) is 16.7 Å². The summed E-state index contributed by atoms with van der Waals surface area (Å²) in [4.78, 5) is 11.7. The van der Waals surface area contributed by atoms with Crippen molar-refractivity contribution in [1.82, 2.24) is 10.4 Å². The molecule has 1 fully saturated rings. The SMILES string of the molecule is Cc1cc2c(cc1Cl)S/C(=C\C(=O)O)C(NN1CCOCC1)=NS2(=O)=O. The Morgan fingerprint density at radius 3 is 2.77 bits per heavy atom. The number of hydrogen-bond donors (Lipinski definition) is 2. The molecule has 11 heteroatoms. The Morgan fingerprint density at radius 1 is 1.42 bits per heavy atom. The zero-order valence-electron chi connectivity index (χ0n) is 13.7. The molecule has 2 aliphatic rings. The summed E-state index contributed by atoms with van der Waals surface area (Å²) in [7, 11) is -4.03. The van der Waals surface area contributed by atoms with Crippen molar-refractivity contribution in [1.29, 1.82) is 0 Å².